The fraction of sp³-hybridized carbons (Fsp3) is 0.308. The summed E-state index contributed by atoms with van der Waals surface area (Å²) in [5.41, 5.74) is 4.55. The SMILES string of the molecule is Cc1cc(C)cc(OCCCn2c(CCCNC(=O)c3ccco3)nc3ccccc32)c1. The van der Waals surface area contributed by atoms with Crippen LogP contribution < -0.4 is 10.1 Å². The second-order valence-electron chi connectivity index (χ2n) is 8.03. The van der Waals surface area contributed by atoms with E-state index in [0.717, 1.165) is 48.4 Å². The molecule has 0 atom stereocenters. The van der Waals surface area contributed by atoms with Crippen LogP contribution in [0.1, 0.15) is 40.3 Å². The zero-order chi connectivity index (χ0) is 22.3. The van der Waals surface area contributed by atoms with Gasteiger partial charge in [-0.2, -0.15) is 0 Å². The Morgan fingerprint density at radius 2 is 1.88 bits per heavy atom. The van der Waals surface area contributed by atoms with Gasteiger partial charge in [0.1, 0.15) is 11.6 Å². The molecule has 0 bridgehead atoms. The van der Waals surface area contributed by atoms with Crippen LogP contribution in [0.15, 0.2) is 65.3 Å². The Bertz CT molecular complexity index is 1160. The Balaban J connectivity index is 1.34. The minimum absolute atomic E-state index is 0.188. The fourth-order valence-electron chi connectivity index (χ4n) is 3.94. The van der Waals surface area contributed by atoms with E-state index in [9.17, 15) is 4.79 Å². The van der Waals surface area contributed by atoms with Crippen LogP contribution in [0.2, 0.25) is 0 Å². The van der Waals surface area contributed by atoms with E-state index in [1.807, 2.05) is 18.2 Å². The number of carbonyl (C=O) groups excluding carboxylic acids is 1. The Kier molecular flexibility index (Phi) is 6.90. The lowest BCUT2D eigenvalue weighted by Gasteiger charge is -2.11. The summed E-state index contributed by atoms with van der Waals surface area (Å²) in [7, 11) is 0. The van der Waals surface area contributed by atoms with E-state index in [-0.39, 0.29) is 5.91 Å². The molecule has 2 aromatic heterocycles. The van der Waals surface area contributed by atoms with Crippen LogP contribution in [0.5, 0.6) is 5.75 Å². The molecule has 0 radical (unpaired) electrons. The quantitative estimate of drug-likeness (QED) is 0.356. The van der Waals surface area contributed by atoms with Crippen LogP contribution in [0.4, 0.5) is 0 Å². The number of benzene rings is 2. The molecule has 2 aromatic carbocycles. The van der Waals surface area contributed by atoms with Crippen molar-refractivity contribution in [2.24, 2.45) is 0 Å². The summed E-state index contributed by atoms with van der Waals surface area (Å²) in [6.45, 7) is 6.22. The van der Waals surface area contributed by atoms with E-state index in [1.165, 1.54) is 17.4 Å². The van der Waals surface area contributed by atoms with Crippen molar-refractivity contribution in [1.29, 1.82) is 0 Å². The number of ether oxygens (including phenoxy) is 1. The number of imidazole rings is 1. The van der Waals surface area contributed by atoms with Gasteiger partial charge in [-0.3, -0.25) is 4.79 Å². The molecule has 0 spiro atoms. The predicted octanol–water partition coefficient (Wildman–Crippen LogP) is 5.08. The van der Waals surface area contributed by atoms with Crippen molar-refractivity contribution in [2.45, 2.75) is 39.7 Å². The Hall–Kier alpha value is -3.54. The standard InChI is InChI=1S/C26H29N3O3/c1-19-16-20(2)18-21(17-19)31-15-7-13-29-23-9-4-3-8-22(23)28-25(29)11-5-12-27-26(30)24-10-6-14-32-24/h3-4,6,8-10,14,16-18H,5,7,11-13,15H2,1-2H3,(H,27,30). The minimum Gasteiger partial charge on any atom is -0.494 e. The second kappa shape index (κ2) is 10.2. The van der Waals surface area contributed by atoms with E-state index in [4.69, 9.17) is 14.1 Å². The number of aromatic nitrogens is 2. The van der Waals surface area contributed by atoms with Crippen LogP contribution in [0.3, 0.4) is 0 Å². The van der Waals surface area contributed by atoms with E-state index < -0.39 is 0 Å². The van der Waals surface area contributed by atoms with Crippen LogP contribution in [-0.4, -0.2) is 28.6 Å². The number of rotatable bonds is 10. The van der Waals surface area contributed by atoms with Crippen molar-refractivity contribution < 1.29 is 13.9 Å². The van der Waals surface area contributed by atoms with Crippen LogP contribution in [0.25, 0.3) is 11.0 Å². The smallest absolute Gasteiger partial charge is 0.286 e. The maximum Gasteiger partial charge on any atom is 0.286 e. The van der Waals surface area contributed by atoms with Gasteiger partial charge in [-0.1, -0.05) is 18.2 Å². The highest BCUT2D eigenvalue weighted by atomic mass is 16.5. The van der Waals surface area contributed by atoms with Gasteiger partial charge >= 0.3 is 0 Å². The predicted molar refractivity (Wildman–Crippen MR) is 125 cm³/mol. The lowest BCUT2D eigenvalue weighted by Crippen LogP contribution is -2.24. The average Bonchev–Trinajstić information content (AvgIpc) is 3.42. The molecular weight excluding hydrogens is 402 g/mol. The molecule has 6 heteroatoms. The van der Waals surface area contributed by atoms with Gasteiger partial charge in [-0.25, -0.2) is 4.98 Å². The summed E-state index contributed by atoms with van der Waals surface area (Å²) in [6, 6.07) is 17.9. The van der Waals surface area contributed by atoms with Gasteiger partial charge in [0, 0.05) is 19.5 Å². The van der Waals surface area contributed by atoms with Crippen LogP contribution >= 0.6 is 0 Å². The second-order valence-corrected chi connectivity index (χ2v) is 8.03. The first kappa shape index (κ1) is 21.7. The monoisotopic (exact) mass is 431 g/mol. The summed E-state index contributed by atoms with van der Waals surface area (Å²) in [6.07, 6.45) is 3.97. The highest BCUT2D eigenvalue weighted by Gasteiger charge is 2.11. The highest BCUT2D eigenvalue weighted by molar-refractivity contribution is 5.91. The first-order chi connectivity index (χ1) is 15.6. The number of para-hydroxylation sites is 2. The summed E-state index contributed by atoms with van der Waals surface area (Å²) in [5, 5.41) is 2.90. The summed E-state index contributed by atoms with van der Waals surface area (Å²) in [5.74, 6) is 2.10. The number of carbonyl (C=O) groups is 1. The topological polar surface area (TPSA) is 69.3 Å². The molecule has 4 aromatic rings. The number of nitrogens with one attached hydrogen (secondary N) is 1. The molecular formula is C26H29N3O3. The molecule has 0 saturated carbocycles. The molecule has 0 aliphatic carbocycles. The van der Waals surface area contributed by atoms with Gasteiger partial charge in [0.25, 0.3) is 5.91 Å². The largest absolute Gasteiger partial charge is 0.494 e. The number of aryl methyl sites for hydroxylation is 4. The average molecular weight is 432 g/mol. The van der Waals surface area contributed by atoms with Crippen molar-refractivity contribution in [1.82, 2.24) is 14.9 Å². The third-order valence-electron chi connectivity index (χ3n) is 5.33. The Labute approximate surface area is 188 Å². The maximum atomic E-state index is 12.0. The third-order valence-corrected chi connectivity index (χ3v) is 5.33. The molecule has 0 aliphatic heterocycles. The molecule has 32 heavy (non-hydrogen) atoms. The zero-order valence-corrected chi connectivity index (χ0v) is 18.6. The van der Waals surface area contributed by atoms with Crippen molar-refractivity contribution in [3.63, 3.8) is 0 Å². The van der Waals surface area contributed by atoms with E-state index >= 15 is 0 Å². The summed E-state index contributed by atoms with van der Waals surface area (Å²) in [4.78, 5) is 16.8. The lowest BCUT2D eigenvalue weighted by molar-refractivity contribution is 0.0925. The molecule has 0 aliphatic rings. The number of nitrogens with zero attached hydrogens (tertiary/aromatic N) is 2. The van der Waals surface area contributed by atoms with Crippen LogP contribution in [0, 0.1) is 13.8 Å². The molecule has 1 amide bonds. The number of hydrogen-bond donors (Lipinski definition) is 1. The Morgan fingerprint density at radius 3 is 2.66 bits per heavy atom. The van der Waals surface area contributed by atoms with Gasteiger partial charge in [-0.05, 0) is 74.2 Å². The van der Waals surface area contributed by atoms with E-state index in [0.29, 0.717) is 18.9 Å². The first-order valence-electron chi connectivity index (χ1n) is 11.1. The van der Waals surface area contributed by atoms with Crippen molar-refractivity contribution in [3.05, 3.63) is 83.6 Å². The third kappa shape index (κ3) is 5.38. The van der Waals surface area contributed by atoms with Crippen molar-refractivity contribution >= 4 is 16.9 Å². The molecule has 0 unspecified atom stereocenters. The zero-order valence-electron chi connectivity index (χ0n) is 18.6. The highest BCUT2D eigenvalue weighted by Crippen LogP contribution is 2.19. The molecule has 2 heterocycles. The molecule has 1 N–H and O–H groups in total. The van der Waals surface area contributed by atoms with Gasteiger partial charge < -0.3 is 19.0 Å². The van der Waals surface area contributed by atoms with Gasteiger partial charge in [0.05, 0.1) is 23.9 Å². The molecule has 166 valence electrons. The summed E-state index contributed by atoms with van der Waals surface area (Å²) >= 11 is 0. The molecule has 6 nitrogen and oxygen atoms in total. The normalized spacial score (nSPS) is 11.1. The van der Waals surface area contributed by atoms with Gasteiger partial charge in [0.15, 0.2) is 5.76 Å². The van der Waals surface area contributed by atoms with Gasteiger partial charge in [-0.15, -0.1) is 0 Å². The van der Waals surface area contributed by atoms with Crippen molar-refractivity contribution in [3.8, 4) is 5.75 Å². The number of furan rings is 1. The van der Waals surface area contributed by atoms with Crippen LogP contribution in [-0.2, 0) is 13.0 Å². The van der Waals surface area contributed by atoms with E-state index in [1.54, 1.807) is 12.1 Å². The Morgan fingerprint density at radius 1 is 1.06 bits per heavy atom. The first-order valence-corrected chi connectivity index (χ1v) is 11.1. The van der Waals surface area contributed by atoms with Crippen molar-refractivity contribution in [2.75, 3.05) is 13.2 Å². The molecule has 0 saturated heterocycles. The number of fused-ring (bicyclic) bond motifs is 1. The van der Waals surface area contributed by atoms with E-state index in [2.05, 4.69) is 48.0 Å². The lowest BCUT2D eigenvalue weighted by atomic mass is 10.1. The number of amides is 1. The molecule has 0 fully saturated rings. The maximum absolute atomic E-state index is 12.0. The van der Waals surface area contributed by atoms with Gasteiger partial charge in [0.2, 0.25) is 0 Å². The molecule has 4 rings (SSSR count). The fourth-order valence-corrected chi connectivity index (χ4v) is 3.94. The summed E-state index contributed by atoms with van der Waals surface area (Å²) < 4.78 is 13.4. The number of hydrogen-bond acceptors (Lipinski definition) is 4. The minimum atomic E-state index is -0.188.